The van der Waals surface area contributed by atoms with Crippen LogP contribution in [0, 0.1) is 12.3 Å². The smallest absolute Gasteiger partial charge is 0.0233 e. The number of aryl methyl sites for hydroxylation is 1. The molecule has 1 aromatic rings. The summed E-state index contributed by atoms with van der Waals surface area (Å²) < 4.78 is 1.21. The summed E-state index contributed by atoms with van der Waals surface area (Å²) in [4.78, 5) is 2.58. The molecule has 94 valence electrons. The van der Waals surface area contributed by atoms with Crippen molar-refractivity contribution in [2.75, 3.05) is 13.1 Å². The molecule has 1 saturated heterocycles. The Hall–Kier alpha value is -0.340. The summed E-state index contributed by atoms with van der Waals surface area (Å²) in [6.07, 6.45) is 2.64. The van der Waals surface area contributed by atoms with E-state index in [9.17, 15) is 0 Å². The summed E-state index contributed by atoms with van der Waals surface area (Å²) >= 11 is 3.56. The molecule has 0 bridgehead atoms. The third kappa shape index (κ3) is 3.56. The standard InChI is InChI=1S/C15H22BrN/c1-12-10-13(4-5-14(12)16)11-17-8-6-15(2,3)7-9-17/h4-5,10H,6-9,11H2,1-3H3. The summed E-state index contributed by atoms with van der Waals surface area (Å²) in [5, 5.41) is 0. The Balaban J connectivity index is 1.95. The Morgan fingerprint density at radius 3 is 2.47 bits per heavy atom. The van der Waals surface area contributed by atoms with Gasteiger partial charge in [-0.25, -0.2) is 0 Å². The summed E-state index contributed by atoms with van der Waals surface area (Å²) in [5.41, 5.74) is 3.32. The van der Waals surface area contributed by atoms with Crippen molar-refractivity contribution in [3.8, 4) is 0 Å². The van der Waals surface area contributed by atoms with Crippen LogP contribution < -0.4 is 0 Å². The van der Waals surface area contributed by atoms with Gasteiger partial charge in [-0.3, -0.25) is 4.90 Å². The van der Waals surface area contributed by atoms with E-state index in [1.54, 1.807) is 0 Å². The highest BCUT2D eigenvalue weighted by Crippen LogP contribution is 2.30. The van der Waals surface area contributed by atoms with Gasteiger partial charge < -0.3 is 0 Å². The van der Waals surface area contributed by atoms with E-state index < -0.39 is 0 Å². The van der Waals surface area contributed by atoms with E-state index in [1.807, 2.05) is 0 Å². The average Bonchev–Trinajstić information content (AvgIpc) is 2.27. The number of rotatable bonds is 2. The molecule has 0 aliphatic carbocycles. The molecule has 2 rings (SSSR count). The zero-order valence-corrected chi connectivity index (χ0v) is 12.7. The van der Waals surface area contributed by atoms with Crippen LogP contribution in [-0.2, 0) is 6.54 Å². The molecule has 1 aromatic carbocycles. The van der Waals surface area contributed by atoms with Crippen LogP contribution in [0.1, 0.15) is 37.8 Å². The van der Waals surface area contributed by atoms with Crippen LogP contribution in [0.5, 0.6) is 0 Å². The van der Waals surface area contributed by atoms with Crippen molar-refractivity contribution >= 4 is 15.9 Å². The lowest BCUT2D eigenvalue weighted by Gasteiger charge is -2.37. The van der Waals surface area contributed by atoms with E-state index in [4.69, 9.17) is 0 Å². The molecule has 2 heteroatoms. The number of hydrogen-bond acceptors (Lipinski definition) is 1. The molecule has 0 radical (unpaired) electrons. The van der Waals surface area contributed by atoms with Crippen molar-refractivity contribution in [3.05, 3.63) is 33.8 Å². The predicted octanol–water partition coefficient (Wildman–Crippen LogP) is 4.38. The van der Waals surface area contributed by atoms with Gasteiger partial charge in [0.25, 0.3) is 0 Å². The van der Waals surface area contributed by atoms with Crippen molar-refractivity contribution in [3.63, 3.8) is 0 Å². The zero-order valence-electron chi connectivity index (χ0n) is 11.1. The van der Waals surface area contributed by atoms with E-state index in [1.165, 1.54) is 41.5 Å². The van der Waals surface area contributed by atoms with Crippen molar-refractivity contribution < 1.29 is 0 Å². The second-order valence-electron chi connectivity index (χ2n) is 6.02. The molecule has 0 amide bonds. The molecule has 0 N–H and O–H groups in total. The molecule has 0 atom stereocenters. The van der Waals surface area contributed by atoms with Crippen molar-refractivity contribution in [1.29, 1.82) is 0 Å². The van der Waals surface area contributed by atoms with Gasteiger partial charge >= 0.3 is 0 Å². The van der Waals surface area contributed by atoms with Crippen LogP contribution in [-0.4, -0.2) is 18.0 Å². The second kappa shape index (κ2) is 5.11. The molecule has 1 fully saturated rings. The minimum absolute atomic E-state index is 0.548. The van der Waals surface area contributed by atoms with Crippen molar-refractivity contribution in [2.45, 2.75) is 40.2 Å². The fraction of sp³-hybridized carbons (Fsp3) is 0.600. The first-order valence-corrected chi connectivity index (χ1v) is 7.23. The second-order valence-corrected chi connectivity index (χ2v) is 6.88. The van der Waals surface area contributed by atoms with Crippen molar-refractivity contribution in [1.82, 2.24) is 4.90 Å². The maximum atomic E-state index is 3.56. The highest BCUT2D eigenvalue weighted by Gasteiger charge is 2.25. The lowest BCUT2D eigenvalue weighted by atomic mass is 9.82. The lowest BCUT2D eigenvalue weighted by Crippen LogP contribution is -2.36. The molecular formula is C15H22BrN. The highest BCUT2D eigenvalue weighted by molar-refractivity contribution is 9.10. The van der Waals surface area contributed by atoms with Gasteiger partial charge in [0.2, 0.25) is 0 Å². The van der Waals surface area contributed by atoms with Gasteiger partial charge in [0.15, 0.2) is 0 Å². The molecule has 0 unspecified atom stereocenters. The van der Waals surface area contributed by atoms with Gasteiger partial charge in [0.1, 0.15) is 0 Å². The zero-order chi connectivity index (χ0) is 12.5. The Morgan fingerprint density at radius 1 is 1.24 bits per heavy atom. The molecule has 0 aromatic heterocycles. The topological polar surface area (TPSA) is 3.24 Å². The number of halogens is 1. The van der Waals surface area contributed by atoms with Gasteiger partial charge in [-0.1, -0.05) is 41.9 Å². The Labute approximate surface area is 113 Å². The Morgan fingerprint density at radius 2 is 1.88 bits per heavy atom. The normalized spacial score (nSPS) is 20.5. The van der Waals surface area contributed by atoms with Crippen LogP contribution in [0.25, 0.3) is 0 Å². The van der Waals surface area contributed by atoms with E-state index in [2.05, 4.69) is 59.8 Å². The molecular weight excluding hydrogens is 274 g/mol. The van der Waals surface area contributed by atoms with Crippen LogP contribution >= 0.6 is 15.9 Å². The first kappa shape index (κ1) is 13.1. The SMILES string of the molecule is Cc1cc(CN2CCC(C)(C)CC2)ccc1Br. The Kier molecular flexibility index (Phi) is 3.94. The molecule has 0 spiro atoms. The van der Waals surface area contributed by atoms with Crippen LogP contribution in [0.3, 0.4) is 0 Å². The van der Waals surface area contributed by atoms with Crippen molar-refractivity contribution in [2.24, 2.45) is 5.41 Å². The van der Waals surface area contributed by atoms with Crippen LogP contribution in [0.2, 0.25) is 0 Å². The van der Waals surface area contributed by atoms with E-state index >= 15 is 0 Å². The summed E-state index contributed by atoms with van der Waals surface area (Å²) in [6, 6.07) is 6.69. The number of likely N-dealkylation sites (tertiary alicyclic amines) is 1. The molecule has 1 heterocycles. The van der Waals surface area contributed by atoms with E-state index in [-0.39, 0.29) is 0 Å². The molecule has 1 nitrogen and oxygen atoms in total. The first-order chi connectivity index (χ1) is 7.96. The average molecular weight is 296 g/mol. The van der Waals surface area contributed by atoms with Gasteiger partial charge in [-0.05, 0) is 55.5 Å². The third-order valence-corrected chi connectivity index (χ3v) is 4.73. The van der Waals surface area contributed by atoms with Crippen LogP contribution in [0.4, 0.5) is 0 Å². The fourth-order valence-corrected chi connectivity index (χ4v) is 2.63. The lowest BCUT2D eigenvalue weighted by molar-refractivity contribution is 0.127. The number of nitrogens with zero attached hydrogens (tertiary/aromatic N) is 1. The van der Waals surface area contributed by atoms with E-state index in [0.29, 0.717) is 5.41 Å². The fourth-order valence-electron chi connectivity index (χ4n) is 2.38. The largest absolute Gasteiger partial charge is 0.299 e. The minimum Gasteiger partial charge on any atom is -0.299 e. The summed E-state index contributed by atoms with van der Waals surface area (Å²) in [6.45, 7) is 10.5. The minimum atomic E-state index is 0.548. The maximum Gasteiger partial charge on any atom is 0.0233 e. The Bertz CT molecular complexity index is 388. The van der Waals surface area contributed by atoms with Gasteiger partial charge in [-0.15, -0.1) is 0 Å². The quantitative estimate of drug-likeness (QED) is 0.783. The summed E-state index contributed by atoms with van der Waals surface area (Å²) in [7, 11) is 0. The van der Waals surface area contributed by atoms with Gasteiger partial charge in [0, 0.05) is 11.0 Å². The van der Waals surface area contributed by atoms with Crippen LogP contribution in [0.15, 0.2) is 22.7 Å². The molecule has 17 heavy (non-hydrogen) atoms. The summed E-state index contributed by atoms with van der Waals surface area (Å²) in [5.74, 6) is 0. The predicted molar refractivity (Wildman–Crippen MR) is 77.2 cm³/mol. The number of piperidine rings is 1. The molecule has 0 saturated carbocycles. The maximum absolute atomic E-state index is 3.56. The number of hydrogen-bond donors (Lipinski definition) is 0. The number of benzene rings is 1. The molecule has 1 aliphatic rings. The van der Waals surface area contributed by atoms with Gasteiger partial charge in [-0.2, -0.15) is 0 Å². The monoisotopic (exact) mass is 295 g/mol. The van der Waals surface area contributed by atoms with Gasteiger partial charge in [0.05, 0.1) is 0 Å². The third-order valence-electron chi connectivity index (χ3n) is 3.84. The van der Waals surface area contributed by atoms with E-state index in [0.717, 1.165) is 6.54 Å². The molecule has 1 aliphatic heterocycles. The first-order valence-electron chi connectivity index (χ1n) is 6.44. The highest BCUT2D eigenvalue weighted by atomic mass is 79.9.